The maximum Gasteiger partial charge on any atom is 0.248 e. The standard InChI is InChI=1S/C15H17NO3/c1-3-4-5-10-8-14(18)16-15-11(10)6-7-13(19-2)12(15)9-17/h6-9H,3-5H2,1-2H3,(H,16,18). The first-order valence-electron chi connectivity index (χ1n) is 6.39. The third-order valence-electron chi connectivity index (χ3n) is 3.24. The van der Waals surface area contributed by atoms with Gasteiger partial charge in [0.05, 0.1) is 18.2 Å². The lowest BCUT2D eigenvalue weighted by molar-refractivity contribution is 0.112. The van der Waals surface area contributed by atoms with E-state index < -0.39 is 0 Å². The summed E-state index contributed by atoms with van der Waals surface area (Å²) in [4.78, 5) is 25.7. The van der Waals surface area contributed by atoms with Gasteiger partial charge < -0.3 is 9.72 Å². The van der Waals surface area contributed by atoms with E-state index in [0.29, 0.717) is 16.8 Å². The minimum absolute atomic E-state index is 0.185. The number of carbonyl (C=O) groups excluding carboxylic acids is 1. The van der Waals surface area contributed by atoms with E-state index in [1.54, 1.807) is 12.1 Å². The monoisotopic (exact) mass is 259 g/mol. The van der Waals surface area contributed by atoms with E-state index in [2.05, 4.69) is 11.9 Å². The fraction of sp³-hybridized carbons (Fsp3) is 0.333. The number of H-pyrrole nitrogens is 1. The average Bonchev–Trinajstić information content (AvgIpc) is 2.43. The minimum Gasteiger partial charge on any atom is -0.496 e. The van der Waals surface area contributed by atoms with E-state index >= 15 is 0 Å². The first kappa shape index (κ1) is 13.3. The smallest absolute Gasteiger partial charge is 0.248 e. The SMILES string of the molecule is CCCCc1cc(=O)[nH]c2c(C=O)c(OC)ccc12. The van der Waals surface area contributed by atoms with Crippen LogP contribution in [0.2, 0.25) is 0 Å². The molecule has 0 amide bonds. The van der Waals surface area contributed by atoms with Crippen molar-refractivity contribution in [1.82, 2.24) is 4.98 Å². The van der Waals surface area contributed by atoms with E-state index in [0.717, 1.165) is 36.5 Å². The molecule has 19 heavy (non-hydrogen) atoms. The Morgan fingerprint density at radius 1 is 1.37 bits per heavy atom. The summed E-state index contributed by atoms with van der Waals surface area (Å²) in [6.45, 7) is 2.11. The third-order valence-corrected chi connectivity index (χ3v) is 3.24. The summed E-state index contributed by atoms with van der Waals surface area (Å²) in [5, 5.41) is 0.913. The number of benzene rings is 1. The minimum atomic E-state index is -0.185. The van der Waals surface area contributed by atoms with Crippen molar-refractivity contribution in [2.75, 3.05) is 7.11 Å². The molecule has 1 aromatic heterocycles. The number of aryl methyl sites for hydroxylation is 1. The van der Waals surface area contributed by atoms with Gasteiger partial charge in [-0.2, -0.15) is 0 Å². The molecule has 0 radical (unpaired) electrons. The fourth-order valence-corrected chi connectivity index (χ4v) is 2.27. The lowest BCUT2D eigenvalue weighted by Crippen LogP contribution is -2.08. The van der Waals surface area contributed by atoms with Gasteiger partial charge in [-0.25, -0.2) is 0 Å². The molecule has 1 heterocycles. The van der Waals surface area contributed by atoms with Crippen LogP contribution in [0.5, 0.6) is 5.75 Å². The number of unbranched alkanes of at least 4 members (excludes halogenated alkanes) is 1. The quantitative estimate of drug-likeness (QED) is 0.840. The second-order valence-corrected chi connectivity index (χ2v) is 4.48. The molecular weight excluding hydrogens is 242 g/mol. The van der Waals surface area contributed by atoms with E-state index in [9.17, 15) is 9.59 Å². The predicted molar refractivity (Wildman–Crippen MR) is 75.1 cm³/mol. The van der Waals surface area contributed by atoms with Crippen LogP contribution in [0.4, 0.5) is 0 Å². The maximum absolute atomic E-state index is 11.7. The molecule has 2 rings (SSSR count). The van der Waals surface area contributed by atoms with Crippen molar-refractivity contribution in [3.8, 4) is 5.75 Å². The molecule has 0 spiro atoms. The average molecular weight is 259 g/mol. The summed E-state index contributed by atoms with van der Waals surface area (Å²) < 4.78 is 5.15. The summed E-state index contributed by atoms with van der Waals surface area (Å²) in [5.41, 5.74) is 1.75. The van der Waals surface area contributed by atoms with Crippen molar-refractivity contribution in [1.29, 1.82) is 0 Å². The molecule has 0 bridgehead atoms. The zero-order chi connectivity index (χ0) is 13.8. The zero-order valence-electron chi connectivity index (χ0n) is 11.2. The van der Waals surface area contributed by atoms with E-state index in [1.807, 2.05) is 6.07 Å². The van der Waals surface area contributed by atoms with Crippen LogP contribution in [0.15, 0.2) is 23.0 Å². The Kier molecular flexibility index (Phi) is 4.00. The molecule has 0 aliphatic rings. The number of ether oxygens (including phenoxy) is 1. The number of pyridine rings is 1. The number of hydrogen-bond donors (Lipinski definition) is 1. The van der Waals surface area contributed by atoms with Crippen LogP contribution < -0.4 is 10.3 Å². The molecule has 2 aromatic rings. The summed E-state index contributed by atoms with van der Waals surface area (Å²) in [6, 6.07) is 5.26. The lowest BCUT2D eigenvalue weighted by Gasteiger charge is -2.10. The van der Waals surface area contributed by atoms with Crippen LogP contribution in [0.1, 0.15) is 35.7 Å². The Balaban J connectivity index is 2.73. The van der Waals surface area contributed by atoms with E-state index in [1.165, 1.54) is 7.11 Å². The molecule has 0 saturated heterocycles. The van der Waals surface area contributed by atoms with Gasteiger partial charge in [-0.15, -0.1) is 0 Å². The van der Waals surface area contributed by atoms with Gasteiger partial charge in [0.1, 0.15) is 5.75 Å². The maximum atomic E-state index is 11.7. The van der Waals surface area contributed by atoms with Gasteiger partial charge in [0, 0.05) is 11.5 Å². The summed E-state index contributed by atoms with van der Waals surface area (Å²) in [5.74, 6) is 0.478. The number of aldehydes is 1. The number of fused-ring (bicyclic) bond motifs is 1. The molecule has 0 saturated carbocycles. The first-order valence-corrected chi connectivity index (χ1v) is 6.39. The Bertz CT molecular complexity index is 658. The molecule has 4 heteroatoms. The van der Waals surface area contributed by atoms with Crippen molar-refractivity contribution < 1.29 is 9.53 Å². The molecule has 1 N–H and O–H groups in total. The second kappa shape index (κ2) is 5.69. The number of rotatable bonds is 5. The largest absolute Gasteiger partial charge is 0.496 e. The zero-order valence-corrected chi connectivity index (χ0v) is 11.2. The number of methoxy groups -OCH3 is 1. The third kappa shape index (κ3) is 2.52. The fourth-order valence-electron chi connectivity index (χ4n) is 2.27. The Labute approximate surface area is 111 Å². The number of carbonyl (C=O) groups is 1. The number of nitrogens with one attached hydrogen (secondary N) is 1. The molecule has 4 nitrogen and oxygen atoms in total. The highest BCUT2D eigenvalue weighted by Gasteiger charge is 2.11. The van der Waals surface area contributed by atoms with Crippen molar-refractivity contribution >= 4 is 17.2 Å². The van der Waals surface area contributed by atoms with Crippen LogP contribution in [0, 0.1) is 0 Å². The first-order chi connectivity index (χ1) is 9.21. The summed E-state index contributed by atoms with van der Waals surface area (Å²) in [7, 11) is 1.51. The van der Waals surface area contributed by atoms with Crippen molar-refractivity contribution in [2.45, 2.75) is 26.2 Å². The lowest BCUT2D eigenvalue weighted by atomic mass is 10.0. The van der Waals surface area contributed by atoms with Crippen LogP contribution in [-0.2, 0) is 6.42 Å². The van der Waals surface area contributed by atoms with Crippen molar-refractivity contribution in [2.24, 2.45) is 0 Å². The second-order valence-electron chi connectivity index (χ2n) is 4.48. The molecule has 0 atom stereocenters. The van der Waals surface area contributed by atoms with E-state index in [4.69, 9.17) is 4.74 Å². The molecule has 0 unspecified atom stereocenters. The molecule has 100 valence electrons. The normalized spacial score (nSPS) is 10.6. The highest BCUT2D eigenvalue weighted by atomic mass is 16.5. The van der Waals surface area contributed by atoms with Gasteiger partial charge >= 0.3 is 0 Å². The molecule has 0 aliphatic carbocycles. The predicted octanol–water partition coefficient (Wildman–Crippen LogP) is 2.69. The van der Waals surface area contributed by atoms with Crippen LogP contribution in [0.25, 0.3) is 10.9 Å². The topological polar surface area (TPSA) is 59.2 Å². The molecule has 1 aromatic carbocycles. The number of hydrogen-bond acceptors (Lipinski definition) is 3. The van der Waals surface area contributed by atoms with Gasteiger partial charge in [0.2, 0.25) is 5.56 Å². The van der Waals surface area contributed by atoms with E-state index in [-0.39, 0.29) is 5.56 Å². The van der Waals surface area contributed by atoms with Gasteiger partial charge in [0.25, 0.3) is 0 Å². The summed E-state index contributed by atoms with van der Waals surface area (Å²) in [6.07, 6.45) is 3.63. The summed E-state index contributed by atoms with van der Waals surface area (Å²) >= 11 is 0. The van der Waals surface area contributed by atoms with Gasteiger partial charge in [-0.05, 0) is 30.5 Å². The van der Waals surface area contributed by atoms with Crippen molar-refractivity contribution in [3.63, 3.8) is 0 Å². The van der Waals surface area contributed by atoms with Crippen molar-refractivity contribution in [3.05, 3.63) is 39.7 Å². The Hall–Kier alpha value is -2.10. The highest BCUT2D eigenvalue weighted by Crippen LogP contribution is 2.26. The number of aromatic amines is 1. The van der Waals surface area contributed by atoms with Gasteiger partial charge in [-0.1, -0.05) is 13.3 Å². The van der Waals surface area contributed by atoms with Crippen LogP contribution >= 0.6 is 0 Å². The molecule has 0 aliphatic heterocycles. The molecular formula is C15H17NO3. The van der Waals surface area contributed by atoms with Gasteiger partial charge in [-0.3, -0.25) is 9.59 Å². The number of aromatic nitrogens is 1. The Morgan fingerprint density at radius 2 is 2.16 bits per heavy atom. The van der Waals surface area contributed by atoms with Gasteiger partial charge in [0.15, 0.2) is 6.29 Å². The van der Waals surface area contributed by atoms with Crippen LogP contribution in [0.3, 0.4) is 0 Å². The van der Waals surface area contributed by atoms with Crippen LogP contribution in [-0.4, -0.2) is 18.4 Å². The Morgan fingerprint density at radius 3 is 2.79 bits per heavy atom. The molecule has 0 fully saturated rings. The highest BCUT2D eigenvalue weighted by molar-refractivity contribution is 5.99.